The molecule has 0 unspecified atom stereocenters. The molecule has 26 heavy (non-hydrogen) atoms. The molecule has 1 N–H and O–H groups in total. The van der Waals surface area contributed by atoms with E-state index in [1.165, 1.54) is 23.1 Å². The number of hydrogen-bond donors (Lipinski definition) is 1. The van der Waals surface area contributed by atoms with Crippen LogP contribution in [0.1, 0.15) is 0 Å². The SMILES string of the molecule is COc1ccc(OC)c(NC(=O)CSc2nnc(-c3cnccn3)s2)c1. The fourth-order valence-electron chi connectivity index (χ4n) is 2.01. The maximum atomic E-state index is 12.2. The molecular weight excluding hydrogens is 374 g/mol. The van der Waals surface area contributed by atoms with Gasteiger partial charge in [-0.1, -0.05) is 23.1 Å². The lowest BCUT2D eigenvalue weighted by atomic mass is 10.2. The van der Waals surface area contributed by atoms with E-state index in [9.17, 15) is 4.79 Å². The van der Waals surface area contributed by atoms with Crippen LogP contribution < -0.4 is 14.8 Å². The van der Waals surface area contributed by atoms with Gasteiger partial charge in [0.1, 0.15) is 17.2 Å². The van der Waals surface area contributed by atoms with Gasteiger partial charge < -0.3 is 14.8 Å². The molecule has 3 aromatic rings. The molecule has 0 aliphatic carbocycles. The van der Waals surface area contributed by atoms with E-state index >= 15 is 0 Å². The topological polar surface area (TPSA) is 99.1 Å². The second-order valence-electron chi connectivity index (χ2n) is 4.87. The van der Waals surface area contributed by atoms with Gasteiger partial charge in [-0.2, -0.15) is 0 Å². The molecule has 0 fully saturated rings. The van der Waals surface area contributed by atoms with Gasteiger partial charge in [0.15, 0.2) is 9.35 Å². The molecular formula is C16H15N5O3S2. The second-order valence-corrected chi connectivity index (χ2v) is 7.07. The van der Waals surface area contributed by atoms with Crippen molar-refractivity contribution in [1.29, 1.82) is 0 Å². The third-order valence-corrected chi connectivity index (χ3v) is 5.28. The number of hydrogen-bond acceptors (Lipinski definition) is 9. The molecule has 0 atom stereocenters. The first-order valence-corrected chi connectivity index (χ1v) is 9.24. The lowest BCUT2D eigenvalue weighted by Crippen LogP contribution is -2.14. The van der Waals surface area contributed by atoms with Crippen LogP contribution in [-0.4, -0.2) is 46.0 Å². The number of benzene rings is 1. The molecule has 1 aromatic carbocycles. The molecule has 0 spiro atoms. The van der Waals surface area contributed by atoms with E-state index in [1.807, 2.05) is 0 Å². The first-order valence-electron chi connectivity index (χ1n) is 7.44. The van der Waals surface area contributed by atoms with Crippen molar-refractivity contribution in [2.45, 2.75) is 4.34 Å². The van der Waals surface area contributed by atoms with Crippen molar-refractivity contribution in [3.8, 4) is 22.2 Å². The van der Waals surface area contributed by atoms with Gasteiger partial charge >= 0.3 is 0 Å². The van der Waals surface area contributed by atoms with Gasteiger partial charge in [0.25, 0.3) is 0 Å². The number of aromatic nitrogens is 4. The van der Waals surface area contributed by atoms with Gasteiger partial charge in [-0.25, -0.2) is 0 Å². The van der Waals surface area contributed by atoms with Crippen LogP contribution in [0.15, 0.2) is 41.1 Å². The number of rotatable bonds is 7. The van der Waals surface area contributed by atoms with E-state index in [2.05, 4.69) is 25.5 Å². The highest BCUT2D eigenvalue weighted by Gasteiger charge is 2.13. The monoisotopic (exact) mass is 389 g/mol. The van der Waals surface area contributed by atoms with E-state index in [0.29, 0.717) is 32.2 Å². The van der Waals surface area contributed by atoms with Crippen LogP contribution in [0.25, 0.3) is 10.7 Å². The third-order valence-electron chi connectivity index (χ3n) is 3.20. The average Bonchev–Trinajstić information content (AvgIpc) is 3.16. The molecule has 8 nitrogen and oxygen atoms in total. The van der Waals surface area contributed by atoms with Crippen molar-refractivity contribution >= 4 is 34.7 Å². The van der Waals surface area contributed by atoms with E-state index in [-0.39, 0.29) is 11.7 Å². The summed E-state index contributed by atoms with van der Waals surface area (Å²) < 4.78 is 11.1. The molecule has 0 aliphatic heterocycles. The molecule has 2 heterocycles. The highest BCUT2D eigenvalue weighted by atomic mass is 32.2. The van der Waals surface area contributed by atoms with E-state index in [1.54, 1.807) is 51.0 Å². The maximum Gasteiger partial charge on any atom is 0.234 e. The third kappa shape index (κ3) is 4.46. The van der Waals surface area contributed by atoms with E-state index in [0.717, 1.165) is 0 Å². The van der Waals surface area contributed by atoms with Crippen molar-refractivity contribution < 1.29 is 14.3 Å². The fourth-order valence-corrected chi connectivity index (χ4v) is 3.62. The standard InChI is InChI=1S/C16H15N5O3S2/c1-23-10-3-4-13(24-2)11(7-10)19-14(22)9-25-16-21-20-15(26-16)12-8-17-5-6-18-12/h3-8H,9H2,1-2H3,(H,19,22). The number of amides is 1. The summed E-state index contributed by atoms with van der Waals surface area (Å²) in [5.74, 6) is 1.20. The largest absolute Gasteiger partial charge is 0.497 e. The number of carbonyl (C=O) groups is 1. The minimum absolute atomic E-state index is 0.183. The first kappa shape index (κ1) is 18.1. The van der Waals surface area contributed by atoms with Crippen LogP contribution in [-0.2, 0) is 4.79 Å². The van der Waals surface area contributed by atoms with Crippen molar-refractivity contribution in [3.63, 3.8) is 0 Å². The van der Waals surface area contributed by atoms with Crippen molar-refractivity contribution in [2.75, 3.05) is 25.3 Å². The van der Waals surface area contributed by atoms with E-state index < -0.39 is 0 Å². The number of anilines is 1. The van der Waals surface area contributed by atoms with E-state index in [4.69, 9.17) is 9.47 Å². The predicted octanol–water partition coefficient (Wildman–Crippen LogP) is 2.74. The quantitative estimate of drug-likeness (QED) is 0.616. The highest BCUT2D eigenvalue weighted by Crippen LogP contribution is 2.30. The zero-order valence-electron chi connectivity index (χ0n) is 14.0. The fraction of sp³-hybridized carbons (Fsp3) is 0.188. The average molecular weight is 389 g/mol. The Morgan fingerprint density at radius 2 is 2.12 bits per heavy atom. The van der Waals surface area contributed by atoms with Gasteiger partial charge in [-0.15, -0.1) is 10.2 Å². The molecule has 1 amide bonds. The van der Waals surface area contributed by atoms with Crippen LogP contribution in [0.3, 0.4) is 0 Å². The molecule has 2 aromatic heterocycles. The molecule has 3 rings (SSSR count). The summed E-state index contributed by atoms with van der Waals surface area (Å²) in [6, 6.07) is 5.20. The van der Waals surface area contributed by atoms with Crippen molar-refractivity contribution in [3.05, 3.63) is 36.8 Å². The molecule has 0 saturated heterocycles. The summed E-state index contributed by atoms with van der Waals surface area (Å²) in [4.78, 5) is 20.4. The predicted molar refractivity (Wildman–Crippen MR) is 99.8 cm³/mol. The number of carbonyl (C=O) groups excluding carboxylic acids is 1. The summed E-state index contributed by atoms with van der Waals surface area (Å²) in [6.07, 6.45) is 4.81. The van der Waals surface area contributed by atoms with Crippen LogP contribution in [0.2, 0.25) is 0 Å². The molecule has 10 heteroatoms. The smallest absolute Gasteiger partial charge is 0.234 e. The molecule has 0 bridgehead atoms. The summed E-state index contributed by atoms with van der Waals surface area (Å²) in [5, 5.41) is 11.6. The lowest BCUT2D eigenvalue weighted by Gasteiger charge is -2.11. The minimum atomic E-state index is -0.183. The van der Waals surface area contributed by atoms with Crippen LogP contribution in [0.4, 0.5) is 5.69 Å². The molecule has 0 radical (unpaired) electrons. The summed E-state index contributed by atoms with van der Waals surface area (Å²) in [6.45, 7) is 0. The molecule has 0 aliphatic rings. The number of nitrogens with zero attached hydrogens (tertiary/aromatic N) is 4. The Bertz CT molecular complexity index is 889. The van der Waals surface area contributed by atoms with Gasteiger partial charge in [-0.05, 0) is 12.1 Å². The van der Waals surface area contributed by atoms with Gasteiger partial charge in [0.2, 0.25) is 5.91 Å². The van der Waals surface area contributed by atoms with Gasteiger partial charge in [-0.3, -0.25) is 14.8 Å². The number of thioether (sulfide) groups is 1. The zero-order valence-corrected chi connectivity index (χ0v) is 15.6. The maximum absolute atomic E-state index is 12.2. The van der Waals surface area contributed by atoms with Crippen LogP contribution in [0, 0.1) is 0 Å². The summed E-state index contributed by atoms with van der Waals surface area (Å²) >= 11 is 2.66. The van der Waals surface area contributed by atoms with Gasteiger partial charge in [0, 0.05) is 18.5 Å². The number of nitrogens with one attached hydrogen (secondary N) is 1. The normalized spacial score (nSPS) is 10.4. The number of methoxy groups -OCH3 is 2. The van der Waals surface area contributed by atoms with Crippen molar-refractivity contribution in [1.82, 2.24) is 20.2 Å². The highest BCUT2D eigenvalue weighted by molar-refractivity contribution is 8.01. The lowest BCUT2D eigenvalue weighted by molar-refractivity contribution is -0.113. The Kier molecular flexibility index (Phi) is 5.97. The Morgan fingerprint density at radius 1 is 1.23 bits per heavy atom. The Balaban J connectivity index is 1.61. The Hall–Kier alpha value is -2.72. The Labute approximate surface area is 158 Å². The zero-order chi connectivity index (χ0) is 18.4. The van der Waals surface area contributed by atoms with Crippen molar-refractivity contribution in [2.24, 2.45) is 0 Å². The van der Waals surface area contributed by atoms with Crippen LogP contribution in [0.5, 0.6) is 11.5 Å². The number of ether oxygens (including phenoxy) is 2. The van der Waals surface area contributed by atoms with Gasteiger partial charge in [0.05, 0.1) is 31.9 Å². The van der Waals surface area contributed by atoms with Crippen LogP contribution >= 0.6 is 23.1 Å². The minimum Gasteiger partial charge on any atom is -0.497 e. The summed E-state index contributed by atoms with van der Waals surface area (Å²) in [7, 11) is 3.11. The second kappa shape index (κ2) is 8.59. The first-order chi connectivity index (χ1) is 12.7. The molecule has 0 saturated carbocycles. The Morgan fingerprint density at radius 3 is 2.85 bits per heavy atom. The molecule has 134 valence electrons. The summed E-state index contributed by atoms with van der Waals surface area (Å²) in [5.41, 5.74) is 1.21.